The number of halogens is 1. The molecule has 92 valence electrons. The summed E-state index contributed by atoms with van der Waals surface area (Å²) in [5, 5.41) is 1.30. The number of para-hydroxylation sites is 1. The van der Waals surface area contributed by atoms with Crippen molar-refractivity contribution in [2.24, 2.45) is 0 Å². The van der Waals surface area contributed by atoms with Crippen LogP contribution in [0.1, 0.15) is 12.0 Å². The highest BCUT2D eigenvalue weighted by molar-refractivity contribution is 5.83. The Morgan fingerprint density at radius 2 is 2.06 bits per heavy atom. The summed E-state index contributed by atoms with van der Waals surface area (Å²) in [7, 11) is 2.05. The van der Waals surface area contributed by atoms with Crippen LogP contribution in [0.5, 0.6) is 0 Å². The Bertz CT molecular complexity index is 464. The number of H-pyrrole nitrogens is 1. The molecule has 1 heterocycles. The molecule has 3 heteroatoms. The summed E-state index contributed by atoms with van der Waals surface area (Å²) < 4.78 is 12.0. The highest BCUT2D eigenvalue weighted by Gasteiger charge is 2.04. The highest BCUT2D eigenvalue weighted by atomic mass is 19.1. The molecule has 1 aromatic carbocycles. The second-order valence-corrected chi connectivity index (χ2v) is 4.46. The highest BCUT2D eigenvalue weighted by Crippen LogP contribution is 2.18. The van der Waals surface area contributed by atoms with Crippen molar-refractivity contribution in [1.82, 2.24) is 9.88 Å². The number of fused-ring (bicyclic) bond motifs is 1. The molecule has 0 bridgehead atoms. The van der Waals surface area contributed by atoms with E-state index in [0.29, 0.717) is 6.42 Å². The van der Waals surface area contributed by atoms with Crippen molar-refractivity contribution in [3.63, 3.8) is 0 Å². The molecular weight excluding hydrogens is 215 g/mol. The predicted molar refractivity (Wildman–Crippen MR) is 70.1 cm³/mol. The van der Waals surface area contributed by atoms with Crippen molar-refractivity contribution < 1.29 is 4.39 Å². The molecule has 0 spiro atoms. The van der Waals surface area contributed by atoms with Crippen molar-refractivity contribution in [1.29, 1.82) is 0 Å². The Labute approximate surface area is 101 Å². The second kappa shape index (κ2) is 5.82. The molecule has 17 heavy (non-hydrogen) atoms. The zero-order valence-electron chi connectivity index (χ0n) is 10.2. The van der Waals surface area contributed by atoms with Crippen LogP contribution in [0.25, 0.3) is 10.9 Å². The maximum Gasteiger partial charge on any atom is 0.0906 e. The van der Waals surface area contributed by atoms with Gasteiger partial charge in [-0.1, -0.05) is 18.2 Å². The molecule has 0 saturated heterocycles. The van der Waals surface area contributed by atoms with Crippen LogP contribution in [-0.4, -0.2) is 36.7 Å². The smallest absolute Gasteiger partial charge is 0.0906 e. The van der Waals surface area contributed by atoms with Gasteiger partial charge in [-0.05, 0) is 31.5 Å². The third kappa shape index (κ3) is 3.07. The van der Waals surface area contributed by atoms with E-state index in [0.717, 1.165) is 19.5 Å². The van der Waals surface area contributed by atoms with Gasteiger partial charge in [0.15, 0.2) is 0 Å². The van der Waals surface area contributed by atoms with Crippen LogP contribution in [0.3, 0.4) is 0 Å². The number of likely N-dealkylation sites (N-methyl/N-ethyl adjacent to an activating group) is 1. The minimum atomic E-state index is -0.225. The number of aromatic amines is 1. The molecule has 1 N–H and O–H groups in total. The van der Waals surface area contributed by atoms with E-state index in [2.05, 4.69) is 34.3 Å². The van der Waals surface area contributed by atoms with Crippen LogP contribution < -0.4 is 0 Å². The molecule has 0 aliphatic rings. The first kappa shape index (κ1) is 12.1. The van der Waals surface area contributed by atoms with Gasteiger partial charge in [-0.25, -0.2) is 0 Å². The van der Waals surface area contributed by atoms with E-state index in [4.69, 9.17) is 0 Å². The van der Waals surface area contributed by atoms with E-state index in [-0.39, 0.29) is 6.67 Å². The number of hydrogen-bond acceptors (Lipinski definition) is 1. The Morgan fingerprint density at radius 1 is 1.24 bits per heavy atom. The molecule has 0 saturated carbocycles. The summed E-state index contributed by atoms with van der Waals surface area (Å²) in [6.45, 7) is 1.58. The van der Waals surface area contributed by atoms with Gasteiger partial charge in [0.25, 0.3) is 0 Å². The first-order valence-electron chi connectivity index (χ1n) is 6.11. The zero-order valence-corrected chi connectivity index (χ0v) is 10.2. The summed E-state index contributed by atoms with van der Waals surface area (Å²) in [6.07, 6.45) is 3.71. The van der Waals surface area contributed by atoms with Crippen LogP contribution in [0.15, 0.2) is 30.5 Å². The number of nitrogens with one attached hydrogen (secondary N) is 1. The maximum atomic E-state index is 12.0. The Morgan fingerprint density at radius 3 is 2.88 bits per heavy atom. The molecule has 0 radical (unpaired) electrons. The number of hydrogen-bond donors (Lipinski definition) is 1. The minimum absolute atomic E-state index is 0.225. The fraction of sp³-hybridized carbons (Fsp3) is 0.429. The minimum Gasteiger partial charge on any atom is -0.361 e. The van der Waals surface area contributed by atoms with Gasteiger partial charge in [0.2, 0.25) is 0 Å². The predicted octanol–water partition coefficient (Wildman–Crippen LogP) is 3.00. The third-order valence-corrected chi connectivity index (χ3v) is 3.11. The summed E-state index contributed by atoms with van der Waals surface area (Å²) in [5.74, 6) is 0. The molecule has 0 amide bonds. The monoisotopic (exact) mass is 234 g/mol. The fourth-order valence-electron chi connectivity index (χ4n) is 2.09. The number of alkyl halides is 1. The molecule has 0 fully saturated rings. The van der Waals surface area contributed by atoms with Gasteiger partial charge >= 0.3 is 0 Å². The van der Waals surface area contributed by atoms with Gasteiger partial charge in [-0.3, -0.25) is 4.39 Å². The number of rotatable bonds is 6. The van der Waals surface area contributed by atoms with E-state index in [1.54, 1.807) is 0 Å². The normalized spacial score (nSPS) is 11.5. The first-order chi connectivity index (χ1) is 8.31. The topological polar surface area (TPSA) is 19.0 Å². The molecule has 2 aromatic rings. The van der Waals surface area contributed by atoms with Gasteiger partial charge in [0, 0.05) is 30.2 Å². The van der Waals surface area contributed by atoms with E-state index < -0.39 is 0 Å². The first-order valence-corrected chi connectivity index (χ1v) is 6.11. The Hall–Kier alpha value is -1.35. The molecule has 1 aromatic heterocycles. The van der Waals surface area contributed by atoms with Crippen molar-refractivity contribution >= 4 is 10.9 Å². The van der Waals surface area contributed by atoms with Crippen molar-refractivity contribution in [3.05, 3.63) is 36.0 Å². The molecule has 2 nitrogen and oxygen atoms in total. The van der Waals surface area contributed by atoms with Crippen LogP contribution >= 0.6 is 0 Å². The molecule has 0 unspecified atom stereocenters. The van der Waals surface area contributed by atoms with Crippen LogP contribution in [0.2, 0.25) is 0 Å². The third-order valence-electron chi connectivity index (χ3n) is 3.11. The Kier molecular flexibility index (Phi) is 4.15. The van der Waals surface area contributed by atoms with Gasteiger partial charge < -0.3 is 9.88 Å². The van der Waals surface area contributed by atoms with Crippen molar-refractivity contribution in [3.8, 4) is 0 Å². The van der Waals surface area contributed by atoms with E-state index in [1.807, 2.05) is 13.1 Å². The van der Waals surface area contributed by atoms with Crippen molar-refractivity contribution in [2.75, 3.05) is 26.8 Å². The fourth-order valence-corrected chi connectivity index (χ4v) is 2.09. The van der Waals surface area contributed by atoms with Crippen LogP contribution in [0, 0.1) is 0 Å². The quantitative estimate of drug-likeness (QED) is 0.814. The zero-order chi connectivity index (χ0) is 12.1. The SMILES string of the molecule is CN(CCCF)CCc1c[nH]c2ccccc12. The lowest BCUT2D eigenvalue weighted by Gasteiger charge is -2.14. The average Bonchev–Trinajstić information content (AvgIpc) is 2.77. The Balaban J connectivity index is 1.95. The second-order valence-electron chi connectivity index (χ2n) is 4.46. The maximum absolute atomic E-state index is 12.0. The standard InChI is InChI=1S/C14H19FN2/c1-17(9-4-8-15)10-7-12-11-16-14-6-3-2-5-13(12)14/h2-3,5-6,11,16H,4,7-10H2,1H3. The lowest BCUT2D eigenvalue weighted by Crippen LogP contribution is -2.22. The van der Waals surface area contributed by atoms with E-state index >= 15 is 0 Å². The molecular formula is C14H19FN2. The van der Waals surface area contributed by atoms with Crippen LogP contribution in [0.4, 0.5) is 4.39 Å². The number of nitrogens with zero attached hydrogens (tertiary/aromatic N) is 1. The molecule has 2 rings (SSSR count). The lowest BCUT2D eigenvalue weighted by molar-refractivity contribution is 0.313. The molecule has 0 atom stereocenters. The summed E-state index contributed by atoms with van der Waals surface area (Å²) in [4.78, 5) is 5.46. The summed E-state index contributed by atoms with van der Waals surface area (Å²) >= 11 is 0. The van der Waals surface area contributed by atoms with Crippen LogP contribution in [-0.2, 0) is 6.42 Å². The summed E-state index contributed by atoms with van der Waals surface area (Å²) in [5.41, 5.74) is 2.53. The van der Waals surface area contributed by atoms with E-state index in [1.165, 1.54) is 16.5 Å². The van der Waals surface area contributed by atoms with E-state index in [9.17, 15) is 4.39 Å². The molecule has 0 aliphatic carbocycles. The lowest BCUT2D eigenvalue weighted by atomic mass is 10.1. The largest absolute Gasteiger partial charge is 0.361 e. The van der Waals surface area contributed by atoms with Crippen molar-refractivity contribution in [2.45, 2.75) is 12.8 Å². The average molecular weight is 234 g/mol. The number of benzene rings is 1. The number of aromatic nitrogens is 1. The van der Waals surface area contributed by atoms with Gasteiger partial charge in [0.05, 0.1) is 6.67 Å². The van der Waals surface area contributed by atoms with Gasteiger partial charge in [-0.15, -0.1) is 0 Å². The molecule has 0 aliphatic heterocycles. The van der Waals surface area contributed by atoms with Gasteiger partial charge in [-0.2, -0.15) is 0 Å². The van der Waals surface area contributed by atoms with Gasteiger partial charge in [0.1, 0.15) is 0 Å². The summed E-state index contributed by atoms with van der Waals surface area (Å²) in [6, 6.07) is 8.33.